The molecule has 26 heavy (non-hydrogen) atoms. The Morgan fingerprint density at radius 2 is 1.69 bits per heavy atom. The van der Waals surface area contributed by atoms with E-state index in [1.165, 1.54) is 4.90 Å². The summed E-state index contributed by atoms with van der Waals surface area (Å²) < 4.78 is 5.78. The van der Waals surface area contributed by atoms with E-state index in [0.717, 1.165) is 49.8 Å². The summed E-state index contributed by atoms with van der Waals surface area (Å²) in [5.41, 5.74) is 0.737. The number of benzene rings is 2. The van der Waals surface area contributed by atoms with E-state index in [2.05, 4.69) is 24.0 Å². The number of piperazine rings is 1. The topological polar surface area (TPSA) is 32.8 Å². The van der Waals surface area contributed by atoms with Crippen LogP contribution in [0.2, 0.25) is 0 Å². The monoisotopic (exact) mass is 370 g/mol. The van der Waals surface area contributed by atoms with Crippen LogP contribution in [-0.4, -0.2) is 60.8 Å². The predicted octanol–water partition coefficient (Wildman–Crippen LogP) is 3.64. The molecule has 1 aliphatic heterocycles. The lowest BCUT2D eigenvalue weighted by atomic mass is 10.1. The van der Waals surface area contributed by atoms with Crippen molar-refractivity contribution in [2.24, 2.45) is 0 Å². The highest BCUT2D eigenvalue weighted by molar-refractivity contribution is 7.99. The van der Waals surface area contributed by atoms with Crippen molar-refractivity contribution < 1.29 is 9.53 Å². The number of ether oxygens (including phenoxy) is 1. The first kappa shape index (κ1) is 18.8. The average Bonchev–Trinajstić information content (AvgIpc) is 2.72. The second-order valence-electron chi connectivity index (χ2n) is 6.26. The van der Waals surface area contributed by atoms with Gasteiger partial charge in [0, 0.05) is 42.4 Å². The molecule has 0 N–H and O–H groups in total. The average molecular weight is 371 g/mol. The van der Waals surface area contributed by atoms with Gasteiger partial charge in [-0.25, -0.2) is 0 Å². The second kappa shape index (κ2) is 9.64. The molecule has 0 atom stereocenters. The maximum absolute atomic E-state index is 12.6. The first-order valence-corrected chi connectivity index (χ1v) is 10.2. The van der Waals surface area contributed by atoms with Crippen molar-refractivity contribution in [1.29, 1.82) is 0 Å². The molecule has 2 aromatic carbocycles. The van der Waals surface area contributed by atoms with Crippen LogP contribution in [-0.2, 0) is 0 Å². The van der Waals surface area contributed by atoms with Crippen LogP contribution in [0.25, 0.3) is 0 Å². The first-order chi connectivity index (χ1) is 12.8. The number of hydrogen-bond acceptors (Lipinski definition) is 4. The smallest absolute Gasteiger partial charge is 0.253 e. The summed E-state index contributed by atoms with van der Waals surface area (Å²) in [6.45, 7) is 7.39. The predicted molar refractivity (Wildman–Crippen MR) is 107 cm³/mol. The summed E-state index contributed by atoms with van der Waals surface area (Å²) in [6.07, 6.45) is 0. The van der Waals surface area contributed by atoms with Crippen LogP contribution in [0, 0.1) is 0 Å². The van der Waals surface area contributed by atoms with Crippen LogP contribution >= 0.6 is 11.8 Å². The van der Waals surface area contributed by atoms with Gasteiger partial charge in [-0.05, 0) is 42.9 Å². The maximum Gasteiger partial charge on any atom is 0.253 e. The lowest BCUT2D eigenvalue weighted by Gasteiger charge is -2.34. The van der Waals surface area contributed by atoms with E-state index in [1.807, 2.05) is 47.4 Å². The molecule has 0 bridgehead atoms. The zero-order valence-electron chi connectivity index (χ0n) is 15.3. The summed E-state index contributed by atoms with van der Waals surface area (Å²) in [4.78, 5) is 18.1. The third-order valence-electron chi connectivity index (χ3n) is 4.57. The van der Waals surface area contributed by atoms with Crippen LogP contribution in [0.1, 0.15) is 17.3 Å². The van der Waals surface area contributed by atoms with Crippen molar-refractivity contribution in [2.75, 3.05) is 45.1 Å². The number of amides is 1. The van der Waals surface area contributed by atoms with Gasteiger partial charge in [-0.3, -0.25) is 4.79 Å². The van der Waals surface area contributed by atoms with E-state index in [9.17, 15) is 4.79 Å². The number of hydrogen-bond donors (Lipinski definition) is 0. The van der Waals surface area contributed by atoms with E-state index < -0.39 is 0 Å². The van der Waals surface area contributed by atoms with Gasteiger partial charge in [-0.1, -0.05) is 25.1 Å². The fraction of sp³-hybridized carbons (Fsp3) is 0.381. The molecule has 0 saturated carbocycles. The van der Waals surface area contributed by atoms with Gasteiger partial charge in [0.25, 0.3) is 5.91 Å². The van der Waals surface area contributed by atoms with E-state index in [0.29, 0.717) is 6.61 Å². The fourth-order valence-corrected chi connectivity index (χ4v) is 3.73. The van der Waals surface area contributed by atoms with Gasteiger partial charge < -0.3 is 14.5 Å². The molecule has 0 aromatic heterocycles. The van der Waals surface area contributed by atoms with Gasteiger partial charge in [0.1, 0.15) is 5.75 Å². The lowest BCUT2D eigenvalue weighted by Crippen LogP contribution is -2.48. The molecule has 1 saturated heterocycles. The molecule has 1 amide bonds. The minimum absolute atomic E-state index is 0.118. The normalized spacial score (nSPS) is 15.0. The molecule has 1 aliphatic rings. The molecule has 0 aliphatic carbocycles. The van der Waals surface area contributed by atoms with Crippen molar-refractivity contribution in [1.82, 2.24) is 9.80 Å². The number of carbonyl (C=O) groups is 1. The Labute approximate surface area is 160 Å². The van der Waals surface area contributed by atoms with Crippen LogP contribution in [0.3, 0.4) is 0 Å². The Kier molecular flexibility index (Phi) is 6.97. The Bertz CT molecular complexity index is 683. The largest absolute Gasteiger partial charge is 0.493 e. The highest BCUT2D eigenvalue weighted by Gasteiger charge is 2.21. The van der Waals surface area contributed by atoms with Gasteiger partial charge in [0.05, 0.1) is 6.61 Å². The van der Waals surface area contributed by atoms with Crippen LogP contribution < -0.4 is 4.74 Å². The number of thioether (sulfide) groups is 1. The van der Waals surface area contributed by atoms with Gasteiger partial charge in [0.2, 0.25) is 0 Å². The van der Waals surface area contributed by atoms with E-state index in [1.54, 1.807) is 11.8 Å². The summed E-state index contributed by atoms with van der Waals surface area (Å²) in [5.74, 6) is 1.82. The Hall–Kier alpha value is -1.98. The highest BCUT2D eigenvalue weighted by atomic mass is 32.2. The van der Waals surface area contributed by atoms with Gasteiger partial charge in [-0.2, -0.15) is 0 Å². The Morgan fingerprint density at radius 1 is 1.00 bits per heavy atom. The summed E-state index contributed by atoms with van der Waals surface area (Å²) >= 11 is 1.78. The van der Waals surface area contributed by atoms with Gasteiger partial charge in [-0.15, -0.1) is 11.8 Å². The van der Waals surface area contributed by atoms with Crippen molar-refractivity contribution >= 4 is 17.7 Å². The molecule has 1 fully saturated rings. The van der Waals surface area contributed by atoms with Gasteiger partial charge in [0.15, 0.2) is 0 Å². The number of likely N-dealkylation sites (N-methyl/N-ethyl adjacent to an activating group) is 1. The molecular weight excluding hydrogens is 344 g/mol. The molecule has 4 nitrogen and oxygen atoms in total. The Morgan fingerprint density at radius 3 is 2.35 bits per heavy atom. The number of rotatable bonds is 7. The van der Waals surface area contributed by atoms with E-state index in [4.69, 9.17) is 4.74 Å². The standard InChI is InChI=1S/C21H26N2O2S/c1-2-22-12-14-23(15-13-22)21(24)18-8-10-19(11-9-18)25-16-17-26-20-6-4-3-5-7-20/h3-11H,2,12-17H2,1H3. The van der Waals surface area contributed by atoms with Crippen LogP contribution in [0.15, 0.2) is 59.5 Å². The van der Waals surface area contributed by atoms with Crippen LogP contribution in [0.5, 0.6) is 5.75 Å². The minimum Gasteiger partial charge on any atom is -0.493 e. The summed E-state index contributed by atoms with van der Waals surface area (Å²) in [6, 6.07) is 17.8. The number of nitrogens with zero attached hydrogens (tertiary/aromatic N) is 2. The number of carbonyl (C=O) groups excluding carboxylic acids is 1. The van der Waals surface area contributed by atoms with E-state index >= 15 is 0 Å². The SMILES string of the molecule is CCN1CCN(C(=O)c2ccc(OCCSc3ccccc3)cc2)CC1. The molecular formula is C21H26N2O2S. The van der Waals surface area contributed by atoms with Crippen molar-refractivity contribution in [3.8, 4) is 5.75 Å². The molecule has 5 heteroatoms. The second-order valence-corrected chi connectivity index (χ2v) is 7.43. The highest BCUT2D eigenvalue weighted by Crippen LogP contribution is 2.18. The van der Waals surface area contributed by atoms with Gasteiger partial charge >= 0.3 is 0 Å². The molecule has 138 valence electrons. The maximum atomic E-state index is 12.6. The van der Waals surface area contributed by atoms with E-state index in [-0.39, 0.29) is 5.91 Å². The van der Waals surface area contributed by atoms with Crippen molar-refractivity contribution in [3.63, 3.8) is 0 Å². The third-order valence-corrected chi connectivity index (χ3v) is 5.55. The molecule has 2 aromatic rings. The third kappa shape index (κ3) is 5.26. The minimum atomic E-state index is 0.118. The molecule has 3 rings (SSSR count). The summed E-state index contributed by atoms with van der Waals surface area (Å²) in [5, 5.41) is 0. The van der Waals surface area contributed by atoms with Crippen molar-refractivity contribution in [2.45, 2.75) is 11.8 Å². The quantitative estimate of drug-likeness (QED) is 0.550. The fourth-order valence-electron chi connectivity index (χ4n) is 2.98. The molecule has 0 radical (unpaired) electrons. The Balaban J connectivity index is 1.43. The lowest BCUT2D eigenvalue weighted by molar-refractivity contribution is 0.0643. The molecule has 0 unspecified atom stereocenters. The molecule has 0 spiro atoms. The zero-order chi connectivity index (χ0) is 18.2. The zero-order valence-corrected chi connectivity index (χ0v) is 16.1. The first-order valence-electron chi connectivity index (χ1n) is 9.18. The van der Waals surface area contributed by atoms with Crippen molar-refractivity contribution in [3.05, 3.63) is 60.2 Å². The van der Waals surface area contributed by atoms with Crippen LogP contribution in [0.4, 0.5) is 0 Å². The molecule has 1 heterocycles. The summed E-state index contributed by atoms with van der Waals surface area (Å²) in [7, 11) is 0.